The summed E-state index contributed by atoms with van der Waals surface area (Å²) in [4.78, 5) is 28.1. The van der Waals surface area contributed by atoms with Gasteiger partial charge >= 0.3 is 5.97 Å². The molecule has 0 unspecified atom stereocenters. The van der Waals surface area contributed by atoms with Crippen LogP contribution < -0.4 is 0 Å². The number of likely N-dealkylation sites (tertiary alicyclic amines) is 1. The molecule has 3 rings (SSSR count). The molecule has 2 aliphatic rings. The summed E-state index contributed by atoms with van der Waals surface area (Å²) in [5.74, 6) is -0.917. The predicted molar refractivity (Wildman–Crippen MR) is 88.4 cm³/mol. The third-order valence-corrected chi connectivity index (χ3v) is 5.19. The van der Waals surface area contributed by atoms with Crippen LogP contribution in [0.25, 0.3) is 0 Å². The summed E-state index contributed by atoms with van der Waals surface area (Å²) in [7, 11) is 1.91. The standard InChI is InChI=1S/C18H24N2O4/c1-19(9-14-5-3-2-4-6-14)11-16(21)20-10-15-12-24-8-7-18(15,13-20)17(22)23/h2-6,15H,7-13H2,1H3,(H,22,23)/t15-,18+/m1/s1. The molecule has 130 valence electrons. The fraction of sp³-hybridized carbons (Fsp3) is 0.556. The molecule has 2 atom stereocenters. The van der Waals surface area contributed by atoms with Crippen LogP contribution in [0.4, 0.5) is 0 Å². The van der Waals surface area contributed by atoms with E-state index in [1.54, 1.807) is 4.90 Å². The largest absolute Gasteiger partial charge is 0.481 e. The van der Waals surface area contributed by atoms with E-state index in [1.807, 2.05) is 42.3 Å². The van der Waals surface area contributed by atoms with Gasteiger partial charge in [-0.15, -0.1) is 0 Å². The first-order valence-electron chi connectivity index (χ1n) is 8.33. The smallest absolute Gasteiger partial charge is 0.311 e. The maximum absolute atomic E-state index is 12.6. The van der Waals surface area contributed by atoms with Crippen LogP contribution in [0.2, 0.25) is 0 Å². The van der Waals surface area contributed by atoms with Gasteiger partial charge in [0, 0.05) is 32.2 Å². The molecule has 1 N–H and O–H groups in total. The van der Waals surface area contributed by atoms with Crippen molar-refractivity contribution in [2.45, 2.75) is 13.0 Å². The molecule has 0 aromatic heterocycles. The maximum Gasteiger partial charge on any atom is 0.311 e. The Kier molecular flexibility index (Phi) is 4.87. The molecule has 6 heteroatoms. The summed E-state index contributed by atoms with van der Waals surface area (Å²) in [6.07, 6.45) is 0.483. The van der Waals surface area contributed by atoms with Crippen LogP contribution >= 0.6 is 0 Å². The Morgan fingerprint density at radius 1 is 1.38 bits per heavy atom. The van der Waals surface area contributed by atoms with Crippen LogP contribution in [-0.2, 0) is 20.9 Å². The number of carboxylic acids is 1. The molecular weight excluding hydrogens is 308 g/mol. The van der Waals surface area contributed by atoms with Gasteiger partial charge in [-0.05, 0) is 19.0 Å². The second kappa shape index (κ2) is 6.91. The molecule has 2 saturated heterocycles. The third-order valence-electron chi connectivity index (χ3n) is 5.19. The number of amides is 1. The Morgan fingerprint density at radius 2 is 2.12 bits per heavy atom. The third kappa shape index (κ3) is 3.30. The van der Waals surface area contributed by atoms with Crippen LogP contribution in [0.1, 0.15) is 12.0 Å². The van der Waals surface area contributed by atoms with Crippen molar-refractivity contribution in [2.75, 3.05) is 39.9 Å². The van der Waals surface area contributed by atoms with Gasteiger partial charge in [0.15, 0.2) is 0 Å². The topological polar surface area (TPSA) is 70.1 Å². The number of carboxylic acid groups (broad SMARTS) is 1. The summed E-state index contributed by atoms with van der Waals surface area (Å²) in [6, 6.07) is 9.98. The lowest BCUT2D eigenvalue weighted by atomic mass is 9.74. The van der Waals surface area contributed by atoms with E-state index < -0.39 is 11.4 Å². The van der Waals surface area contributed by atoms with E-state index in [0.29, 0.717) is 39.3 Å². The second-order valence-corrected chi connectivity index (χ2v) is 6.92. The lowest BCUT2D eigenvalue weighted by molar-refractivity contribution is -0.157. The number of likely N-dealkylation sites (N-methyl/N-ethyl adjacent to an activating group) is 1. The van der Waals surface area contributed by atoms with Crippen molar-refractivity contribution in [3.05, 3.63) is 35.9 Å². The van der Waals surface area contributed by atoms with Crippen LogP contribution in [-0.4, -0.2) is 66.7 Å². The summed E-state index contributed by atoms with van der Waals surface area (Å²) in [5.41, 5.74) is 0.324. The van der Waals surface area contributed by atoms with Crippen LogP contribution in [0.3, 0.4) is 0 Å². The van der Waals surface area contributed by atoms with Gasteiger partial charge in [-0.3, -0.25) is 14.5 Å². The number of ether oxygens (including phenoxy) is 1. The van der Waals surface area contributed by atoms with Gasteiger partial charge in [-0.1, -0.05) is 30.3 Å². The average molecular weight is 332 g/mol. The fourth-order valence-corrected chi connectivity index (χ4v) is 3.77. The number of rotatable bonds is 5. The van der Waals surface area contributed by atoms with E-state index in [-0.39, 0.29) is 18.4 Å². The van der Waals surface area contributed by atoms with Gasteiger partial charge < -0.3 is 14.7 Å². The van der Waals surface area contributed by atoms with Crippen molar-refractivity contribution in [3.63, 3.8) is 0 Å². The number of benzene rings is 1. The summed E-state index contributed by atoms with van der Waals surface area (Å²) in [6.45, 7) is 2.64. The second-order valence-electron chi connectivity index (χ2n) is 6.92. The number of hydrogen-bond donors (Lipinski definition) is 1. The Labute approximate surface area is 142 Å². The van der Waals surface area contributed by atoms with Gasteiger partial charge in [0.2, 0.25) is 5.91 Å². The zero-order valence-corrected chi connectivity index (χ0v) is 14.0. The number of hydrogen-bond acceptors (Lipinski definition) is 4. The van der Waals surface area contributed by atoms with Crippen LogP contribution in [0, 0.1) is 11.3 Å². The van der Waals surface area contributed by atoms with Crippen molar-refractivity contribution in [1.29, 1.82) is 0 Å². The Bertz CT molecular complexity index is 606. The Morgan fingerprint density at radius 3 is 2.79 bits per heavy atom. The number of fused-ring (bicyclic) bond motifs is 1. The number of carbonyl (C=O) groups excluding carboxylic acids is 1. The highest BCUT2D eigenvalue weighted by Gasteiger charge is 2.54. The molecule has 0 spiro atoms. The molecule has 24 heavy (non-hydrogen) atoms. The summed E-state index contributed by atoms with van der Waals surface area (Å²) >= 11 is 0. The van der Waals surface area contributed by atoms with E-state index in [1.165, 1.54) is 0 Å². The fourth-order valence-electron chi connectivity index (χ4n) is 3.77. The first kappa shape index (κ1) is 16.9. The van der Waals surface area contributed by atoms with E-state index in [2.05, 4.69) is 0 Å². The van der Waals surface area contributed by atoms with Crippen molar-refractivity contribution in [2.24, 2.45) is 11.3 Å². The molecule has 2 aliphatic heterocycles. The summed E-state index contributed by atoms with van der Waals surface area (Å²) in [5, 5.41) is 9.67. The Balaban J connectivity index is 1.60. The van der Waals surface area contributed by atoms with Crippen LogP contribution in [0.15, 0.2) is 30.3 Å². The van der Waals surface area contributed by atoms with Crippen LogP contribution in [0.5, 0.6) is 0 Å². The molecule has 0 aliphatic carbocycles. The molecule has 2 fully saturated rings. The van der Waals surface area contributed by atoms with E-state index >= 15 is 0 Å². The molecule has 0 saturated carbocycles. The molecule has 1 aromatic carbocycles. The number of aliphatic carboxylic acids is 1. The minimum absolute atomic E-state index is 0.0107. The molecule has 0 bridgehead atoms. The highest BCUT2D eigenvalue weighted by molar-refractivity contribution is 5.82. The Hall–Kier alpha value is -1.92. The van der Waals surface area contributed by atoms with Crippen molar-refractivity contribution < 1.29 is 19.4 Å². The lowest BCUT2D eigenvalue weighted by Gasteiger charge is -2.33. The highest BCUT2D eigenvalue weighted by Crippen LogP contribution is 2.42. The zero-order valence-electron chi connectivity index (χ0n) is 14.0. The van der Waals surface area contributed by atoms with E-state index in [9.17, 15) is 14.7 Å². The van der Waals surface area contributed by atoms with Gasteiger partial charge in [0.25, 0.3) is 0 Å². The molecular formula is C18H24N2O4. The van der Waals surface area contributed by atoms with Gasteiger partial charge in [-0.25, -0.2) is 0 Å². The number of nitrogens with zero attached hydrogens (tertiary/aromatic N) is 2. The highest BCUT2D eigenvalue weighted by atomic mass is 16.5. The monoisotopic (exact) mass is 332 g/mol. The van der Waals surface area contributed by atoms with E-state index in [4.69, 9.17) is 4.74 Å². The minimum atomic E-state index is -0.827. The first-order valence-corrected chi connectivity index (χ1v) is 8.33. The number of carbonyl (C=O) groups is 2. The molecule has 0 radical (unpaired) electrons. The molecule has 1 aromatic rings. The zero-order chi connectivity index (χ0) is 17.2. The maximum atomic E-state index is 12.6. The van der Waals surface area contributed by atoms with Crippen molar-refractivity contribution in [3.8, 4) is 0 Å². The van der Waals surface area contributed by atoms with Crippen molar-refractivity contribution in [1.82, 2.24) is 9.80 Å². The van der Waals surface area contributed by atoms with Crippen molar-refractivity contribution >= 4 is 11.9 Å². The molecule has 2 heterocycles. The molecule has 6 nitrogen and oxygen atoms in total. The normalized spacial score (nSPS) is 26.4. The first-order chi connectivity index (χ1) is 11.5. The van der Waals surface area contributed by atoms with Gasteiger partial charge in [-0.2, -0.15) is 0 Å². The SMILES string of the molecule is CN(CC(=O)N1C[C@@H]2COCC[C@]2(C(=O)O)C1)Cc1ccccc1. The minimum Gasteiger partial charge on any atom is -0.481 e. The predicted octanol–water partition coefficient (Wildman–Crippen LogP) is 1.07. The lowest BCUT2D eigenvalue weighted by Crippen LogP contribution is -2.45. The molecule has 1 amide bonds. The van der Waals surface area contributed by atoms with Gasteiger partial charge in [0.1, 0.15) is 0 Å². The van der Waals surface area contributed by atoms with Gasteiger partial charge in [0.05, 0.1) is 18.6 Å². The summed E-state index contributed by atoms with van der Waals surface area (Å²) < 4.78 is 5.44. The van der Waals surface area contributed by atoms with E-state index in [0.717, 1.165) is 5.56 Å². The average Bonchev–Trinajstić information content (AvgIpc) is 2.97. The quantitative estimate of drug-likeness (QED) is 0.873.